The fourth-order valence-electron chi connectivity index (χ4n) is 3.29. The van der Waals surface area contributed by atoms with Gasteiger partial charge in [-0.2, -0.15) is 0 Å². The number of nitrogens with one attached hydrogen (secondary N) is 1. The van der Waals surface area contributed by atoms with Crippen LogP contribution in [0.3, 0.4) is 0 Å². The molecule has 3 unspecified atom stereocenters. The molecule has 1 heteroatoms. The van der Waals surface area contributed by atoms with Crippen molar-refractivity contribution in [2.75, 3.05) is 7.05 Å². The van der Waals surface area contributed by atoms with E-state index in [2.05, 4.69) is 33.1 Å². The predicted octanol–water partition coefficient (Wildman–Crippen LogP) is 3.84. The fourth-order valence-corrected chi connectivity index (χ4v) is 3.29. The minimum absolute atomic E-state index is 0.737. The zero-order chi connectivity index (χ0) is 11.3. The van der Waals surface area contributed by atoms with Crippen LogP contribution in [0.5, 0.6) is 0 Å². The minimum atomic E-state index is 0.737. The monoisotopic (exact) mass is 211 g/mol. The second-order valence-electron chi connectivity index (χ2n) is 5.60. The molecule has 1 saturated carbocycles. The molecule has 1 rings (SSSR count). The lowest BCUT2D eigenvalue weighted by Crippen LogP contribution is -2.38. The first-order valence-electron chi connectivity index (χ1n) is 6.86. The molecular formula is C14H29N. The molecule has 0 aromatic heterocycles. The highest BCUT2D eigenvalue weighted by atomic mass is 14.9. The van der Waals surface area contributed by atoms with Gasteiger partial charge < -0.3 is 5.32 Å². The smallest absolute Gasteiger partial charge is 0.0115 e. The van der Waals surface area contributed by atoms with Crippen molar-refractivity contribution in [1.29, 1.82) is 0 Å². The molecule has 0 spiro atoms. The van der Waals surface area contributed by atoms with Crippen molar-refractivity contribution in [2.45, 2.75) is 65.3 Å². The third kappa shape index (κ3) is 3.79. The average Bonchev–Trinajstić information content (AvgIpc) is 2.44. The van der Waals surface area contributed by atoms with Crippen molar-refractivity contribution >= 4 is 0 Å². The molecule has 0 aromatic carbocycles. The first-order chi connectivity index (χ1) is 7.19. The van der Waals surface area contributed by atoms with Gasteiger partial charge in [0.2, 0.25) is 0 Å². The topological polar surface area (TPSA) is 12.0 Å². The second kappa shape index (κ2) is 6.52. The molecule has 15 heavy (non-hydrogen) atoms. The molecule has 0 heterocycles. The van der Waals surface area contributed by atoms with E-state index in [9.17, 15) is 0 Å². The van der Waals surface area contributed by atoms with Gasteiger partial charge in [0, 0.05) is 6.04 Å². The Morgan fingerprint density at radius 2 is 1.87 bits per heavy atom. The number of rotatable bonds is 4. The maximum absolute atomic E-state index is 3.53. The zero-order valence-corrected chi connectivity index (χ0v) is 11.1. The lowest BCUT2D eigenvalue weighted by Gasteiger charge is -2.29. The van der Waals surface area contributed by atoms with Crippen LogP contribution in [-0.4, -0.2) is 13.1 Å². The van der Waals surface area contributed by atoms with Crippen LogP contribution in [0.4, 0.5) is 0 Å². The van der Waals surface area contributed by atoms with Gasteiger partial charge in [0.05, 0.1) is 0 Å². The van der Waals surface area contributed by atoms with Crippen molar-refractivity contribution in [2.24, 2.45) is 17.8 Å². The highest BCUT2D eigenvalue weighted by molar-refractivity contribution is 4.81. The first-order valence-corrected chi connectivity index (χ1v) is 6.86. The van der Waals surface area contributed by atoms with E-state index < -0.39 is 0 Å². The third-order valence-corrected chi connectivity index (χ3v) is 4.27. The van der Waals surface area contributed by atoms with Crippen molar-refractivity contribution in [1.82, 2.24) is 5.32 Å². The Kier molecular flexibility index (Phi) is 5.66. The van der Waals surface area contributed by atoms with Gasteiger partial charge in [0.15, 0.2) is 0 Å². The standard InChI is InChI=1S/C14H29N/c1-5-12-7-6-8-13(10-9-12)14(15-4)11(2)3/h11-15H,5-10H2,1-4H3. The van der Waals surface area contributed by atoms with Crippen molar-refractivity contribution in [3.05, 3.63) is 0 Å². The Bertz CT molecular complexity index is 165. The van der Waals surface area contributed by atoms with Crippen LogP contribution in [0, 0.1) is 17.8 Å². The van der Waals surface area contributed by atoms with Gasteiger partial charge in [0.1, 0.15) is 0 Å². The van der Waals surface area contributed by atoms with Crippen LogP contribution in [0.2, 0.25) is 0 Å². The van der Waals surface area contributed by atoms with Gasteiger partial charge >= 0.3 is 0 Å². The summed E-state index contributed by atoms with van der Waals surface area (Å²) in [7, 11) is 2.13. The van der Waals surface area contributed by atoms with E-state index in [4.69, 9.17) is 0 Å². The highest BCUT2D eigenvalue weighted by Gasteiger charge is 2.25. The Labute approximate surface area is 96.0 Å². The van der Waals surface area contributed by atoms with Gasteiger partial charge in [-0.25, -0.2) is 0 Å². The molecule has 0 bridgehead atoms. The van der Waals surface area contributed by atoms with E-state index in [-0.39, 0.29) is 0 Å². The van der Waals surface area contributed by atoms with Crippen LogP contribution >= 0.6 is 0 Å². The average molecular weight is 211 g/mol. The van der Waals surface area contributed by atoms with Crippen molar-refractivity contribution < 1.29 is 0 Å². The predicted molar refractivity (Wildman–Crippen MR) is 68.0 cm³/mol. The lowest BCUT2D eigenvalue weighted by atomic mass is 9.85. The molecule has 3 atom stereocenters. The molecule has 1 aliphatic carbocycles. The van der Waals surface area contributed by atoms with Crippen LogP contribution in [0.1, 0.15) is 59.3 Å². The molecule has 0 amide bonds. The third-order valence-electron chi connectivity index (χ3n) is 4.27. The fraction of sp³-hybridized carbons (Fsp3) is 1.00. The van der Waals surface area contributed by atoms with Crippen LogP contribution in [0.25, 0.3) is 0 Å². The summed E-state index contributed by atoms with van der Waals surface area (Å²) in [6.07, 6.45) is 8.67. The van der Waals surface area contributed by atoms with E-state index >= 15 is 0 Å². The largest absolute Gasteiger partial charge is 0.316 e. The first kappa shape index (κ1) is 13.0. The van der Waals surface area contributed by atoms with Crippen LogP contribution < -0.4 is 5.32 Å². The lowest BCUT2D eigenvalue weighted by molar-refractivity contribution is 0.268. The van der Waals surface area contributed by atoms with Crippen molar-refractivity contribution in [3.63, 3.8) is 0 Å². The second-order valence-corrected chi connectivity index (χ2v) is 5.60. The maximum Gasteiger partial charge on any atom is 0.0115 e. The van der Waals surface area contributed by atoms with Gasteiger partial charge in [-0.3, -0.25) is 0 Å². The Morgan fingerprint density at radius 3 is 2.40 bits per heavy atom. The Balaban J connectivity index is 2.48. The molecule has 0 radical (unpaired) electrons. The molecular weight excluding hydrogens is 182 g/mol. The maximum atomic E-state index is 3.53. The highest BCUT2D eigenvalue weighted by Crippen LogP contribution is 2.32. The summed E-state index contributed by atoms with van der Waals surface area (Å²) in [5, 5.41) is 3.53. The Morgan fingerprint density at radius 1 is 1.13 bits per heavy atom. The quantitative estimate of drug-likeness (QED) is 0.697. The van der Waals surface area contributed by atoms with E-state index in [1.807, 2.05) is 0 Å². The molecule has 90 valence electrons. The normalized spacial score (nSPS) is 30.2. The summed E-state index contributed by atoms with van der Waals surface area (Å²) in [6.45, 7) is 7.05. The van der Waals surface area contributed by atoms with Crippen LogP contribution in [-0.2, 0) is 0 Å². The van der Waals surface area contributed by atoms with E-state index in [1.165, 1.54) is 38.5 Å². The summed E-state index contributed by atoms with van der Waals surface area (Å²) in [5.41, 5.74) is 0. The van der Waals surface area contributed by atoms with E-state index in [0.717, 1.165) is 23.8 Å². The molecule has 0 aliphatic heterocycles. The van der Waals surface area contributed by atoms with Crippen molar-refractivity contribution in [3.8, 4) is 0 Å². The van der Waals surface area contributed by atoms with Crippen LogP contribution in [0.15, 0.2) is 0 Å². The number of hydrogen-bond donors (Lipinski definition) is 1. The van der Waals surface area contributed by atoms with Gasteiger partial charge in [0.25, 0.3) is 0 Å². The summed E-state index contributed by atoms with van der Waals surface area (Å²) in [5.74, 6) is 2.71. The summed E-state index contributed by atoms with van der Waals surface area (Å²) < 4.78 is 0. The SMILES string of the molecule is CCC1CCCC(C(NC)C(C)C)CC1. The summed E-state index contributed by atoms with van der Waals surface area (Å²) in [4.78, 5) is 0. The molecule has 1 N–H and O–H groups in total. The molecule has 1 fully saturated rings. The van der Waals surface area contributed by atoms with Gasteiger partial charge in [-0.05, 0) is 37.6 Å². The summed E-state index contributed by atoms with van der Waals surface area (Å²) in [6, 6.07) is 0.737. The zero-order valence-electron chi connectivity index (χ0n) is 11.1. The number of hydrogen-bond acceptors (Lipinski definition) is 1. The molecule has 1 nitrogen and oxygen atoms in total. The minimum Gasteiger partial charge on any atom is -0.316 e. The molecule has 0 saturated heterocycles. The van der Waals surface area contributed by atoms with E-state index in [1.54, 1.807) is 0 Å². The van der Waals surface area contributed by atoms with Gasteiger partial charge in [-0.15, -0.1) is 0 Å². The summed E-state index contributed by atoms with van der Waals surface area (Å²) >= 11 is 0. The molecule has 0 aromatic rings. The Hall–Kier alpha value is -0.0400. The van der Waals surface area contributed by atoms with Gasteiger partial charge in [-0.1, -0.05) is 46.5 Å². The van der Waals surface area contributed by atoms with E-state index in [0.29, 0.717) is 0 Å². The molecule has 1 aliphatic rings.